The average molecular weight is 267 g/mol. The van der Waals surface area contributed by atoms with Crippen LogP contribution in [0.4, 0.5) is 4.39 Å². The van der Waals surface area contributed by atoms with Crippen molar-refractivity contribution in [3.63, 3.8) is 0 Å². The molecule has 0 radical (unpaired) electrons. The van der Waals surface area contributed by atoms with E-state index in [2.05, 4.69) is 10.3 Å². The number of carbonyl (C=O) groups is 1. The Labute approximate surface area is 109 Å². The molecule has 6 heteroatoms. The van der Waals surface area contributed by atoms with Gasteiger partial charge in [-0.2, -0.15) is 0 Å². The van der Waals surface area contributed by atoms with Crippen LogP contribution in [0.1, 0.15) is 12.5 Å². The van der Waals surface area contributed by atoms with Gasteiger partial charge in [0.15, 0.2) is 4.77 Å². The predicted molar refractivity (Wildman–Crippen MR) is 70.5 cm³/mol. The van der Waals surface area contributed by atoms with Crippen LogP contribution in [0.5, 0.6) is 0 Å². The number of rotatable bonds is 3. The van der Waals surface area contributed by atoms with Gasteiger partial charge in [0.2, 0.25) is 5.91 Å². The summed E-state index contributed by atoms with van der Waals surface area (Å²) >= 11 is 5.19. The van der Waals surface area contributed by atoms with Gasteiger partial charge in [-0.1, -0.05) is 0 Å². The molecular formula is C12H14FN3OS. The van der Waals surface area contributed by atoms with Gasteiger partial charge in [0.1, 0.15) is 5.82 Å². The van der Waals surface area contributed by atoms with Crippen LogP contribution in [0.15, 0.2) is 12.1 Å². The number of aryl methyl sites for hydroxylation is 1. The van der Waals surface area contributed by atoms with Crippen molar-refractivity contribution < 1.29 is 9.18 Å². The van der Waals surface area contributed by atoms with E-state index in [0.29, 0.717) is 28.9 Å². The van der Waals surface area contributed by atoms with Gasteiger partial charge in [-0.25, -0.2) is 4.39 Å². The number of aromatic nitrogens is 2. The van der Waals surface area contributed by atoms with Crippen molar-refractivity contribution in [2.75, 3.05) is 6.54 Å². The molecule has 0 aliphatic heterocycles. The van der Waals surface area contributed by atoms with Crippen LogP contribution < -0.4 is 5.32 Å². The van der Waals surface area contributed by atoms with Crippen molar-refractivity contribution in [2.45, 2.75) is 20.4 Å². The molecule has 2 N–H and O–H groups in total. The quantitative estimate of drug-likeness (QED) is 0.838. The summed E-state index contributed by atoms with van der Waals surface area (Å²) in [5.41, 5.74) is 2.10. The molecular weight excluding hydrogens is 253 g/mol. The minimum atomic E-state index is -0.257. The highest BCUT2D eigenvalue weighted by atomic mass is 32.1. The lowest BCUT2D eigenvalue weighted by Crippen LogP contribution is -2.24. The van der Waals surface area contributed by atoms with Crippen molar-refractivity contribution in [3.05, 3.63) is 28.3 Å². The van der Waals surface area contributed by atoms with Crippen molar-refractivity contribution in [3.8, 4) is 0 Å². The van der Waals surface area contributed by atoms with Crippen molar-refractivity contribution in [1.29, 1.82) is 0 Å². The minimum absolute atomic E-state index is 0.0800. The lowest BCUT2D eigenvalue weighted by atomic mass is 10.2. The van der Waals surface area contributed by atoms with Gasteiger partial charge in [-0.3, -0.25) is 4.79 Å². The van der Waals surface area contributed by atoms with E-state index in [1.165, 1.54) is 13.0 Å². The summed E-state index contributed by atoms with van der Waals surface area (Å²) in [6.07, 6.45) is 0. The van der Waals surface area contributed by atoms with Crippen LogP contribution in [0, 0.1) is 17.5 Å². The maximum absolute atomic E-state index is 13.4. The molecule has 0 fully saturated rings. The molecule has 0 unspecified atom stereocenters. The van der Waals surface area contributed by atoms with Crippen molar-refractivity contribution >= 4 is 29.2 Å². The van der Waals surface area contributed by atoms with Gasteiger partial charge in [-0.05, 0) is 36.8 Å². The second kappa shape index (κ2) is 4.89. The number of fused-ring (bicyclic) bond motifs is 1. The van der Waals surface area contributed by atoms with Crippen LogP contribution >= 0.6 is 12.2 Å². The Bertz CT molecular complexity index is 659. The molecule has 1 amide bonds. The first-order chi connectivity index (χ1) is 8.49. The first-order valence-corrected chi connectivity index (χ1v) is 6.03. The number of nitrogens with one attached hydrogen (secondary N) is 2. The first-order valence-electron chi connectivity index (χ1n) is 5.62. The highest BCUT2D eigenvalue weighted by molar-refractivity contribution is 7.71. The maximum atomic E-state index is 13.4. The lowest BCUT2D eigenvalue weighted by molar-refractivity contribution is -0.118. The number of hydrogen-bond donors (Lipinski definition) is 2. The zero-order chi connectivity index (χ0) is 13.3. The molecule has 1 aromatic carbocycles. The van der Waals surface area contributed by atoms with E-state index in [4.69, 9.17) is 12.2 Å². The highest BCUT2D eigenvalue weighted by Crippen LogP contribution is 2.18. The fourth-order valence-corrected chi connectivity index (χ4v) is 2.15. The zero-order valence-corrected chi connectivity index (χ0v) is 11.0. The molecule has 1 heterocycles. The number of halogens is 1. The third kappa shape index (κ3) is 2.43. The largest absolute Gasteiger partial charge is 0.355 e. The van der Waals surface area contributed by atoms with Gasteiger partial charge in [0, 0.05) is 20.0 Å². The van der Waals surface area contributed by atoms with Crippen LogP contribution in [0.3, 0.4) is 0 Å². The van der Waals surface area contributed by atoms with Gasteiger partial charge in [-0.15, -0.1) is 0 Å². The minimum Gasteiger partial charge on any atom is -0.355 e. The average Bonchev–Trinajstić information content (AvgIpc) is 2.56. The fraction of sp³-hybridized carbons (Fsp3) is 0.333. The lowest BCUT2D eigenvalue weighted by Gasteiger charge is -2.06. The van der Waals surface area contributed by atoms with Gasteiger partial charge in [0.25, 0.3) is 0 Å². The Morgan fingerprint density at radius 3 is 2.94 bits per heavy atom. The molecule has 96 valence electrons. The number of aromatic amines is 1. The van der Waals surface area contributed by atoms with E-state index in [1.807, 2.05) is 4.57 Å². The van der Waals surface area contributed by atoms with Crippen molar-refractivity contribution in [2.24, 2.45) is 0 Å². The number of carbonyl (C=O) groups excluding carboxylic acids is 1. The fourth-order valence-electron chi connectivity index (χ4n) is 1.85. The zero-order valence-electron chi connectivity index (χ0n) is 10.2. The molecule has 0 aliphatic carbocycles. The summed E-state index contributed by atoms with van der Waals surface area (Å²) < 4.78 is 15.8. The molecule has 0 bridgehead atoms. The molecule has 0 aliphatic rings. The highest BCUT2D eigenvalue weighted by Gasteiger charge is 2.07. The molecule has 4 nitrogen and oxygen atoms in total. The second-order valence-corrected chi connectivity index (χ2v) is 4.57. The second-order valence-electron chi connectivity index (χ2n) is 4.18. The Hall–Kier alpha value is -1.69. The number of hydrogen-bond acceptors (Lipinski definition) is 2. The van der Waals surface area contributed by atoms with E-state index in [-0.39, 0.29) is 11.7 Å². The van der Waals surface area contributed by atoms with Crippen LogP contribution in [0.2, 0.25) is 0 Å². The van der Waals surface area contributed by atoms with E-state index >= 15 is 0 Å². The molecule has 0 saturated heterocycles. The van der Waals surface area contributed by atoms with Gasteiger partial charge < -0.3 is 14.9 Å². The Morgan fingerprint density at radius 1 is 1.56 bits per heavy atom. The number of nitrogens with zero attached hydrogens (tertiary/aromatic N) is 1. The monoisotopic (exact) mass is 267 g/mol. The summed E-state index contributed by atoms with van der Waals surface area (Å²) in [6, 6.07) is 3.19. The molecule has 1 aromatic heterocycles. The predicted octanol–water partition coefficient (Wildman–Crippen LogP) is 2.28. The normalized spacial score (nSPS) is 10.8. The third-order valence-corrected chi connectivity index (χ3v) is 3.09. The SMILES string of the molecule is CC(=O)NCCn1c(=S)[nH]c2cc(F)c(C)cc21. The smallest absolute Gasteiger partial charge is 0.216 e. The van der Waals surface area contributed by atoms with Gasteiger partial charge in [0.05, 0.1) is 11.0 Å². The summed E-state index contributed by atoms with van der Waals surface area (Å²) in [6.45, 7) is 4.23. The van der Waals surface area contributed by atoms with E-state index < -0.39 is 0 Å². The van der Waals surface area contributed by atoms with Gasteiger partial charge >= 0.3 is 0 Å². The Morgan fingerprint density at radius 2 is 2.28 bits per heavy atom. The molecule has 18 heavy (non-hydrogen) atoms. The molecule has 0 spiro atoms. The summed E-state index contributed by atoms with van der Waals surface area (Å²) in [7, 11) is 0. The van der Waals surface area contributed by atoms with Crippen molar-refractivity contribution in [1.82, 2.24) is 14.9 Å². The number of H-pyrrole nitrogens is 1. The summed E-state index contributed by atoms with van der Waals surface area (Å²) in [5.74, 6) is -0.337. The van der Waals surface area contributed by atoms with E-state index in [0.717, 1.165) is 5.52 Å². The summed E-state index contributed by atoms with van der Waals surface area (Å²) in [4.78, 5) is 13.8. The molecule has 2 rings (SSSR count). The standard InChI is InChI=1S/C12H14FN3OS/c1-7-5-11-10(6-9(7)13)15-12(18)16(11)4-3-14-8(2)17/h5-6H,3-4H2,1-2H3,(H,14,17)(H,15,18). The Kier molecular flexibility index (Phi) is 3.47. The number of amides is 1. The number of imidazole rings is 1. The van der Waals surface area contributed by atoms with E-state index in [9.17, 15) is 9.18 Å². The molecule has 0 saturated carbocycles. The molecule has 2 aromatic rings. The first kappa shape index (κ1) is 12.8. The van der Waals surface area contributed by atoms with Crippen LogP contribution in [0.25, 0.3) is 11.0 Å². The summed E-state index contributed by atoms with van der Waals surface area (Å²) in [5, 5.41) is 2.71. The Balaban J connectivity index is 2.37. The van der Waals surface area contributed by atoms with E-state index in [1.54, 1.807) is 13.0 Å². The third-order valence-electron chi connectivity index (χ3n) is 2.76. The number of benzene rings is 1. The van der Waals surface area contributed by atoms with Crippen LogP contribution in [-0.4, -0.2) is 22.0 Å². The molecule has 0 atom stereocenters. The maximum Gasteiger partial charge on any atom is 0.216 e. The topological polar surface area (TPSA) is 49.8 Å². The van der Waals surface area contributed by atoms with Crippen LogP contribution in [-0.2, 0) is 11.3 Å².